The van der Waals surface area contributed by atoms with E-state index in [1.54, 1.807) is 18.2 Å². The first-order valence-electron chi connectivity index (χ1n) is 10.3. The number of aromatic hydroxyl groups is 1. The van der Waals surface area contributed by atoms with Crippen LogP contribution in [0.15, 0.2) is 30.3 Å². The first-order chi connectivity index (χ1) is 13.4. The van der Waals surface area contributed by atoms with Crippen LogP contribution in [0, 0.1) is 11.9 Å². The van der Waals surface area contributed by atoms with Gasteiger partial charge in [-0.25, -0.2) is 13.8 Å². The van der Waals surface area contributed by atoms with E-state index in [0.717, 1.165) is 32.1 Å². The Morgan fingerprint density at radius 1 is 1.07 bits per heavy atom. The molecule has 0 saturated heterocycles. The van der Waals surface area contributed by atoms with Gasteiger partial charge in [0.25, 0.3) is 5.92 Å². The highest BCUT2D eigenvalue weighted by Gasteiger charge is 2.47. The van der Waals surface area contributed by atoms with Gasteiger partial charge in [-0.05, 0) is 55.2 Å². The predicted molar refractivity (Wildman–Crippen MR) is 105 cm³/mol. The Labute approximate surface area is 164 Å². The number of nitrogens with zero attached hydrogens (tertiary/aromatic N) is 1. The van der Waals surface area contributed by atoms with Crippen LogP contribution in [0.3, 0.4) is 0 Å². The summed E-state index contributed by atoms with van der Waals surface area (Å²) in [6.45, 7) is 2.15. The molecular weight excluding hydrogens is 363 g/mol. The van der Waals surface area contributed by atoms with Crippen molar-refractivity contribution in [3.8, 4) is 17.0 Å². The zero-order chi connectivity index (χ0) is 20.1. The van der Waals surface area contributed by atoms with Gasteiger partial charge in [0.1, 0.15) is 5.75 Å². The smallest absolute Gasteiger partial charge is 0.280 e. The number of aryl methyl sites for hydroxylation is 1. The lowest BCUT2D eigenvalue weighted by molar-refractivity contribution is -0.0824. The molecule has 1 atom stereocenters. The van der Waals surface area contributed by atoms with Crippen LogP contribution in [-0.2, 0) is 12.3 Å². The van der Waals surface area contributed by atoms with Crippen LogP contribution in [0.4, 0.5) is 13.2 Å². The van der Waals surface area contributed by atoms with Crippen LogP contribution in [-0.4, -0.2) is 10.1 Å². The van der Waals surface area contributed by atoms with Crippen molar-refractivity contribution < 1.29 is 18.3 Å². The molecule has 1 N–H and O–H groups in total. The highest BCUT2D eigenvalue weighted by atomic mass is 19.3. The zero-order valence-corrected chi connectivity index (χ0v) is 16.4. The summed E-state index contributed by atoms with van der Waals surface area (Å²) in [5, 5.41) is 9.39. The average Bonchev–Trinajstić information content (AvgIpc) is 2.66. The van der Waals surface area contributed by atoms with Gasteiger partial charge in [-0.3, -0.25) is 0 Å². The van der Waals surface area contributed by atoms with E-state index in [-0.39, 0.29) is 5.75 Å². The number of aromatic nitrogens is 1. The van der Waals surface area contributed by atoms with E-state index < -0.39 is 23.4 Å². The van der Waals surface area contributed by atoms with Gasteiger partial charge in [0, 0.05) is 11.5 Å². The second-order valence-corrected chi connectivity index (χ2v) is 7.79. The van der Waals surface area contributed by atoms with E-state index in [4.69, 9.17) is 0 Å². The molecule has 0 spiro atoms. The van der Waals surface area contributed by atoms with Crippen LogP contribution in [0.25, 0.3) is 11.3 Å². The molecule has 0 amide bonds. The average molecular weight is 391 g/mol. The molecule has 1 heterocycles. The molecule has 0 radical (unpaired) electrons. The molecule has 1 unspecified atom stereocenters. The van der Waals surface area contributed by atoms with Crippen molar-refractivity contribution in [2.45, 2.75) is 70.6 Å². The molecule has 1 aliphatic carbocycles. The van der Waals surface area contributed by atoms with E-state index in [1.807, 2.05) is 0 Å². The Morgan fingerprint density at radius 3 is 2.46 bits per heavy atom. The second kappa shape index (κ2) is 8.97. The molecule has 0 aliphatic heterocycles. The number of alkyl halides is 2. The molecule has 1 aliphatic rings. The van der Waals surface area contributed by atoms with Gasteiger partial charge in [-0.15, -0.1) is 0 Å². The summed E-state index contributed by atoms with van der Waals surface area (Å²) >= 11 is 0. The van der Waals surface area contributed by atoms with Crippen molar-refractivity contribution in [2.75, 3.05) is 0 Å². The van der Waals surface area contributed by atoms with Crippen molar-refractivity contribution in [1.82, 2.24) is 4.98 Å². The topological polar surface area (TPSA) is 33.1 Å². The summed E-state index contributed by atoms with van der Waals surface area (Å²) in [5.74, 6) is -4.98. The molecule has 5 heteroatoms. The molecule has 1 aromatic heterocycles. The summed E-state index contributed by atoms with van der Waals surface area (Å²) in [4.78, 5) is 3.82. The lowest BCUT2D eigenvalue weighted by atomic mass is 9.78. The minimum atomic E-state index is -3.18. The van der Waals surface area contributed by atoms with Crippen molar-refractivity contribution in [3.63, 3.8) is 0 Å². The van der Waals surface area contributed by atoms with Crippen LogP contribution < -0.4 is 0 Å². The number of phenols is 1. The van der Waals surface area contributed by atoms with Gasteiger partial charge in [0.2, 0.25) is 5.95 Å². The standard InChI is InChI=1S/C23H28F3NO/c1-2-3-4-5-6-7-8-18-12-9-17-15-20(16-10-13-19(28)14-11-16)27-22(24)21(17)23(18,25)26/h10-11,13-15,18,28H,2-9,12H2,1H3. The first-order valence-corrected chi connectivity index (χ1v) is 10.3. The number of hydrogen-bond donors (Lipinski definition) is 1. The molecule has 28 heavy (non-hydrogen) atoms. The van der Waals surface area contributed by atoms with Gasteiger partial charge in [-0.1, -0.05) is 45.4 Å². The molecule has 0 fully saturated rings. The Hall–Kier alpha value is -2.04. The van der Waals surface area contributed by atoms with Crippen LogP contribution in [0.5, 0.6) is 5.75 Å². The fraction of sp³-hybridized carbons (Fsp3) is 0.522. The molecule has 2 aromatic rings. The maximum absolute atomic E-state index is 15.0. The molecule has 3 rings (SSSR count). The maximum atomic E-state index is 15.0. The highest BCUT2D eigenvalue weighted by molar-refractivity contribution is 5.61. The Morgan fingerprint density at radius 2 is 1.75 bits per heavy atom. The van der Waals surface area contributed by atoms with Crippen molar-refractivity contribution in [1.29, 1.82) is 0 Å². The number of hydrogen-bond acceptors (Lipinski definition) is 2. The Bertz CT molecular complexity index is 789. The summed E-state index contributed by atoms with van der Waals surface area (Å²) in [7, 11) is 0. The molecular formula is C23H28F3NO. The summed E-state index contributed by atoms with van der Waals surface area (Å²) in [6.07, 6.45) is 7.54. The summed E-state index contributed by atoms with van der Waals surface area (Å²) in [6, 6.07) is 7.72. The van der Waals surface area contributed by atoms with Gasteiger partial charge in [-0.2, -0.15) is 4.39 Å². The number of halogens is 3. The molecule has 2 nitrogen and oxygen atoms in total. The predicted octanol–water partition coefficient (Wildman–Crippen LogP) is 7.00. The van der Waals surface area contributed by atoms with Gasteiger partial charge < -0.3 is 5.11 Å². The monoisotopic (exact) mass is 391 g/mol. The van der Waals surface area contributed by atoms with Crippen molar-refractivity contribution in [2.24, 2.45) is 5.92 Å². The first kappa shape index (κ1) is 20.7. The number of benzene rings is 1. The van der Waals surface area contributed by atoms with E-state index in [9.17, 15) is 9.50 Å². The number of phenolic OH excluding ortho intramolecular Hbond substituents is 1. The lowest BCUT2D eigenvalue weighted by Gasteiger charge is -2.33. The van der Waals surface area contributed by atoms with Crippen LogP contribution >= 0.6 is 0 Å². The Balaban J connectivity index is 1.74. The van der Waals surface area contributed by atoms with E-state index in [2.05, 4.69) is 11.9 Å². The molecule has 0 saturated carbocycles. The van der Waals surface area contributed by atoms with Gasteiger partial charge in [0.05, 0.1) is 11.3 Å². The third-order valence-corrected chi connectivity index (χ3v) is 5.73. The van der Waals surface area contributed by atoms with Crippen molar-refractivity contribution >= 4 is 0 Å². The normalized spacial score (nSPS) is 18.1. The Kier molecular flexibility index (Phi) is 6.63. The molecule has 0 bridgehead atoms. The highest BCUT2D eigenvalue weighted by Crippen LogP contribution is 2.47. The lowest BCUT2D eigenvalue weighted by Crippen LogP contribution is -2.33. The van der Waals surface area contributed by atoms with Crippen molar-refractivity contribution in [3.05, 3.63) is 47.4 Å². The fourth-order valence-electron chi connectivity index (χ4n) is 4.10. The van der Waals surface area contributed by atoms with E-state index in [1.165, 1.54) is 18.6 Å². The zero-order valence-electron chi connectivity index (χ0n) is 16.4. The van der Waals surface area contributed by atoms with E-state index >= 15 is 8.78 Å². The third kappa shape index (κ3) is 4.50. The summed E-state index contributed by atoms with van der Waals surface area (Å²) < 4.78 is 44.7. The number of fused-ring (bicyclic) bond motifs is 1. The third-order valence-electron chi connectivity index (χ3n) is 5.73. The second-order valence-electron chi connectivity index (χ2n) is 7.79. The largest absolute Gasteiger partial charge is 0.508 e. The molecule has 1 aromatic carbocycles. The van der Waals surface area contributed by atoms with E-state index in [0.29, 0.717) is 36.1 Å². The minimum absolute atomic E-state index is 0.0891. The molecule has 152 valence electrons. The number of unbranched alkanes of at least 4 members (excludes halogenated alkanes) is 5. The number of pyridine rings is 1. The summed E-state index contributed by atoms with van der Waals surface area (Å²) in [5.41, 5.74) is 0.746. The minimum Gasteiger partial charge on any atom is -0.508 e. The SMILES string of the molecule is CCCCCCCCC1CCc2cc(-c3ccc(O)cc3)nc(F)c2C1(F)F. The van der Waals surface area contributed by atoms with Crippen LogP contribution in [0.2, 0.25) is 0 Å². The fourth-order valence-corrected chi connectivity index (χ4v) is 4.10. The quantitative estimate of drug-likeness (QED) is 0.388. The number of rotatable bonds is 8. The van der Waals surface area contributed by atoms with Gasteiger partial charge in [0.15, 0.2) is 0 Å². The van der Waals surface area contributed by atoms with Gasteiger partial charge >= 0.3 is 0 Å². The van der Waals surface area contributed by atoms with Crippen LogP contribution in [0.1, 0.15) is 69.4 Å². The maximum Gasteiger partial charge on any atom is 0.280 e.